The molecule has 0 saturated carbocycles. The molecule has 8 heteroatoms. The molecule has 0 spiro atoms. The first-order chi connectivity index (χ1) is 13.1. The van der Waals surface area contributed by atoms with Gasteiger partial charge in [-0.25, -0.2) is 0 Å². The number of halogens is 1. The number of rotatable bonds is 7. The second kappa shape index (κ2) is 9.01. The zero-order chi connectivity index (χ0) is 19.2. The fourth-order valence-electron chi connectivity index (χ4n) is 2.59. The topological polar surface area (TPSA) is 72.7 Å². The predicted octanol–water partition coefficient (Wildman–Crippen LogP) is 4.56. The molecule has 27 heavy (non-hydrogen) atoms. The van der Waals surface area contributed by atoms with E-state index in [0.717, 1.165) is 23.4 Å². The zero-order valence-corrected chi connectivity index (χ0v) is 16.7. The lowest BCUT2D eigenvalue weighted by Crippen LogP contribution is -2.16. The zero-order valence-electron chi connectivity index (χ0n) is 15.1. The highest BCUT2D eigenvalue weighted by Gasteiger charge is 2.14. The van der Waals surface area contributed by atoms with Crippen LogP contribution in [0.15, 0.2) is 53.7 Å². The molecule has 3 aromatic rings. The van der Waals surface area contributed by atoms with E-state index < -0.39 is 0 Å². The number of aromatic nitrogens is 4. The van der Waals surface area contributed by atoms with Crippen LogP contribution in [-0.2, 0) is 4.79 Å². The normalized spacial score (nSPS) is 12.0. The van der Waals surface area contributed by atoms with Crippen molar-refractivity contribution in [3.05, 3.63) is 59.1 Å². The van der Waals surface area contributed by atoms with Crippen molar-refractivity contribution in [2.45, 2.75) is 31.3 Å². The van der Waals surface area contributed by atoms with Gasteiger partial charge in [-0.2, -0.15) is 4.68 Å². The maximum Gasteiger partial charge on any atom is 0.234 e. The number of para-hydroxylation sites is 1. The summed E-state index contributed by atoms with van der Waals surface area (Å²) >= 11 is 7.20. The Balaban J connectivity index is 1.66. The minimum Gasteiger partial charge on any atom is -0.325 e. The van der Waals surface area contributed by atoms with Crippen molar-refractivity contribution >= 4 is 35.0 Å². The van der Waals surface area contributed by atoms with Crippen molar-refractivity contribution in [2.75, 3.05) is 11.1 Å². The third-order valence-electron chi connectivity index (χ3n) is 4.22. The highest BCUT2D eigenvalue weighted by Crippen LogP contribution is 2.27. The van der Waals surface area contributed by atoms with Gasteiger partial charge in [-0.3, -0.25) is 4.79 Å². The Bertz CT molecular complexity index is 912. The summed E-state index contributed by atoms with van der Waals surface area (Å²) in [6.07, 6.45) is 1.01. The molecule has 1 N–H and O–H groups in total. The lowest BCUT2D eigenvalue weighted by molar-refractivity contribution is -0.113. The summed E-state index contributed by atoms with van der Waals surface area (Å²) in [6.45, 7) is 4.29. The average molecular weight is 402 g/mol. The van der Waals surface area contributed by atoms with Crippen LogP contribution in [0.1, 0.15) is 31.7 Å². The Hall–Kier alpha value is -2.38. The number of tetrazole rings is 1. The molecule has 1 heterocycles. The summed E-state index contributed by atoms with van der Waals surface area (Å²) < 4.78 is 1.58. The van der Waals surface area contributed by atoms with Gasteiger partial charge in [-0.1, -0.05) is 55.4 Å². The molecule has 1 aromatic heterocycles. The molecule has 0 bridgehead atoms. The SMILES string of the molecule is CC[C@@H](C)c1ccccc1NC(=O)CSc1nnnn1-c1ccc(Cl)cc1. The van der Waals surface area contributed by atoms with Gasteiger partial charge in [0, 0.05) is 10.7 Å². The van der Waals surface area contributed by atoms with Crippen LogP contribution < -0.4 is 5.32 Å². The van der Waals surface area contributed by atoms with Crippen molar-refractivity contribution in [1.29, 1.82) is 0 Å². The van der Waals surface area contributed by atoms with E-state index in [9.17, 15) is 4.79 Å². The highest BCUT2D eigenvalue weighted by molar-refractivity contribution is 7.99. The Morgan fingerprint density at radius 2 is 1.96 bits per heavy atom. The van der Waals surface area contributed by atoms with Crippen molar-refractivity contribution in [2.24, 2.45) is 0 Å². The smallest absolute Gasteiger partial charge is 0.234 e. The molecular formula is C19H20ClN5OS. The maximum absolute atomic E-state index is 12.4. The van der Waals surface area contributed by atoms with E-state index in [1.54, 1.807) is 16.8 Å². The molecular weight excluding hydrogens is 382 g/mol. The molecule has 1 atom stereocenters. The van der Waals surface area contributed by atoms with Crippen LogP contribution in [0.4, 0.5) is 5.69 Å². The number of carbonyl (C=O) groups is 1. The summed E-state index contributed by atoms with van der Waals surface area (Å²) in [5, 5.41) is 15.9. The highest BCUT2D eigenvalue weighted by atomic mass is 35.5. The van der Waals surface area contributed by atoms with Crippen molar-refractivity contribution in [3.8, 4) is 5.69 Å². The van der Waals surface area contributed by atoms with Crippen LogP contribution in [0, 0.1) is 0 Å². The van der Waals surface area contributed by atoms with Gasteiger partial charge in [0.25, 0.3) is 0 Å². The average Bonchev–Trinajstić information content (AvgIpc) is 3.15. The van der Waals surface area contributed by atoms with Crippen LogP contribution in [-0.4, -0.2) is 31.9 Å². The number of hydrogen-bond acceptors (Lipinski definition) is 5. The fourth-order valence-corrected chi connectivity index (χ4v) is 3.41. The number of amides is 1. The van der Waals surface area contributed by atoms with E-state index in [1.807, 2.05) is 30.3 Å². The monoisotopic (exact) mass is 401 g/mol. The Kier molecular flexibility index (Phi) is 6.47. The van der Waals surface area contributed by atoms with Gasteiger partial charge in [0.15, 0.2) is 0 Å². The molecule has 0 aliphatic carbocycles. The summed E-state index contributed by atoms with van der Waals surface area (Å²) in [7, 11) is 0. The van der Waals surface area contributed by atoms with Gasteiger partial charge in [0.2, 0.25) is 11.1 Å². The summed E-state index contributed by atoms with van der Waals surface area (Å²) in [5.74, 6) is 0.496. The Morgan fingerprint density at radius 1 is 1.22 bits per heavy atom. The molecule has 140 valence electrons. The third-order valence-corrected chi connectivity index (χ3v) is 5.39. The molecule has 0 saturated heterocycles. The van der Waals surface area contributed by atoms with E-state index in [1.165, 1.54) is 11.8 Å². The van der Waals surface area contributed by atoms with Crippen LogP contribution >= 0.6 is 23.4 Å². The quantitative estimate of drug-likeness (QED) is 0.587. The molecule has 0 aliphatic rings. The predicted molar refractivity (Wildman–Crippen MR) is 109 cm³/mol. The molecule has 0 aliphatic heterocycles. The van der Waals surface area contributed by atoms with E-state index in [2.05, 4.69) is 40.8 Å². The van der Waals surface area contributed by atoms with Gasteiger partial charge < -0.3 is 5.32 Å². The number of hydrogen-bond donors (Lipinski definition) is 1. The van der Waals surface area contributed by atoms with E-state index in [-0.39, 0.29) is 11.7 Å². The maximum atomic E-state index is 12.4. The molecule has 1 amide bonds. The van der Waals surface area contributed by atoms with Gasteiger partial charge in [0.1, 0.15) is 0 Å². The Labute approximate surface area is 167 Å². The molecule has 0 radical (unpaired) electrons. The van der Waals surface area contributed by atoms with E-state index >= 15 is 0 Å². The first-order valence-electron chi connectivity index (χ1n) is 8.64. The second-order valence-corrected chi connectivity index (χ2v) is 7.46. The van der Waals surface area contributed by atoms with E-state index in [4.69, 9.17) is 11.6 Å². The number of thioether (sulfide) groups is 1. The van der Waals surface area contributed by atoms with Crippen LogP contribution in [0.25, 0.3) is 5.69 Å². The largest absolute Gasteiger partial charge is 0.325 e. The minimum atomic E-state index is -0.0959. The van der Waals surface area contributed by atoms with Crippen molar-refractivity contribution in [3.63, 3.8) is 0 Å². The van der Waals surface area contributed by atoms with Gasteiger partial charge >= 0.3 is 0 Å². The molecule has 0 fully saturated rings. The van der Waals surface area contributed by atoms with Crippen molar-refractivity contribution < 1.29 is 4.79 Å². The molecule has 0 unspecified atom stereocenters. The second-order valence-electron chi connectivity index (χ2n) is 6.08. The summed E-state index contributed by atoms with van der Waals surface area (Å²) in [6, 6.07) is 15.1. The molecule has 3 rings (SSSR count). The first kappa shape index (κ1) is 19.4. The van der Waals surface area contributed by atoms with E-state index in [0.29, 0.717) is 16.1 Å². The lowest BCUT2D eigenvalue weighted by atomic mass is 9.97. The van der Waals surface area contributed by atoms with Crippen LogP contribution in [0.5, 0.6) is 0 Å². The van der Waals surface area contributed by atoms with Crippen molar-refractivity contribution in [1.82, 2.24) is 20.2 Å². The standard InChI is InChI=1S/C19H20ClN5OS/c1-3-13(2)16-6-4-5-7-17(16)21-18(26)12-27-19-22-23-24-25(19)15-10-8-14(20)9-11-15/h4-11,13H,3,12H2,1-2H3,(H,21,26)/t13-/m1/s1. The van der Waals surface area contributed by atoms with Crippen LogP contribution in [0.2, 0.25) is 5.02 Å². The first-order valence-corrected chi connectivity index (χ1v) is 10.0. The number of benzene rings is 2. The third kappa shape index (κ3) is 4.87. The summed E-state index contributed by atoms with van der Waals surface area (Å²) in [4.78, 5) is 12.4. The minimum absolute atomic E-state index is 0.0959. The number of nitrogens with one attached hydrogen (secondary N) is 1. The summed E-state index contributed by atoms with van der Waals surface area (Å²) in [5.41, 5.74) is 2.79. The number of anilines is 1. The Morgan fingerprint density at radius 3 is 2.70 bits per heavy atom. The van der Waals surface area contributed by atoms with Gasteiger partial charge in [-0.05, 0) is 58.7 Å². The van der Waals surface area contributed by atoms with Gasteiger partial charge in [-0.15, -0.1) is 5.10 Å². The fraction of sp³-hybridized carbons (Fsp3) is 0.263. The van der Waals surface area contributed by atoms with Gasteiger partial charge in [0.05, 0.1) is 11.4 Å². The molecule has 6 nitrogen and oxygen atoms in total. The van der Waals surface area contributed by atoms with Crippen LogP contribution in [0.3, 0.4) is 0 Å². The number of carbonyl (C=O) groups excluding carboxylic acids is 1. The number of nitrogens with zero attached hydrogens (tertiary/aromatic N) is 4. The lowest BCUT2D eigenvalue weighted by Gasteiger charge is -2.15. The molecule has 2 aromatic carbocycles.